The molecular formula is C27H31N3O5. The fourth-order valence-corrected chi connectivity index (χ4v) is 4.09. The SMILES string of the molecule is COc1ccc(COCCC2Nn3ccc(=O)c(OCc4ccccc4)c3C(=O)N2C(C)C)cc1. The number of pyridine rings is 1. The molecule has 8 heteroatoms. The van der Waals surface area contributed by atoms with Gasteiger partial charge in [0.1, 0.15) is 18.5 Å². The molecule has 1 aliphatic rings. The van der Waals surface area contributed by atoms with Crippen molar-refractivity contribution >= 4 is 5.91 Å². The van der Waals surface area contributed by atoms with E-state index in [9.17, 15) is 9.59 Å². The van der Waals surface area contributed by atoms with E-state index in [2.05, 4.69) is 5.43 Å². The first-order valence-electron chi connectivity index (χ1n) is 11.7. The van der Waals surface area contributed by atoms with Gasteiger partial charge in [0.15, 0.2) is 11.4 Å². The molecule has 1 aliphatic heterocycles. The van der Waals surface area contributed by atoms with Crippen LogP contribution < -0.4 is 20.3 Å². The van der Waals surface area contributed by atoms with E-state index in [4.69, 9.17) is 14.2 Å². The van der Waals surface area contributed by atoms with Gasteiger partial charge in [-0.2, -0.15) is 0 Å². The number of nitrogens with one attached hydrogen (secondary N) is 1. The Balaban J connectivity index is 1.46. The fraction of sp³-hybridized carbons (Fsp3) is 0.333. The number of aromatic nitrogens is 1. The van der Waals surface area contributed by atoms with Gasteiger partial charge in [0.05, 0.1) is 20.3 Å². The average molecular weight is 478 g/mol. The second-order valence-corrected chi connectivity index (χ2v) is 8.64. The van der Waals surface area contributed by atoms with Gasteiger partial charge >= 0.3 is 0 Å². The zero-order chi connectivity index (χ0) is 24.8. The molecule has 8 nitrogen and oxygen atoms in total. The Morgan fingerprint density at radius 2 is 1.66 bits per heavy atom. The molecule has 0 fully saturated rings. The van der Waals surface area contributed by atoms with Crippen molar-refractivity contribution in [3.63, 3.8) is 0 Å². The van der Waals surface area contributed by atoms with Crippen molar-refractivity contribution in [2.45, 2.75) is 45.7 Å². The summed E-state index contributed by atoms with van der Waals surface area (Å²) in [6.45, 7) is 5.02. The lowest BCUT2D eigenvalue weighted by Gasteiger charge is -2.41. The maximum absolute atomic E-state index is 13.6. The van der Waals surface area contributed by atoms with Crippen LogP contribution in [0.1, 0.15) is 41.9 Å². The van der Waals surface area contributed by atoms with Crippen LogP contribution in [0.5, 0.6) is 11.5 Å². The Kier molecular flexibility index (Phi) is 7.72. The Bertz CT molecular complexity index is 1190. The monoisotopic (exact) mass is 477 g/mol. The molecule has 0 saturated carbocycles. The first-order chi connectivity index (χ1) is 17.0. The normalized spacial score (nSPS) is 15.0. The van der Waals surface area contributed by atoms with Gasteiger partial charge < -0.3 is 24.5 Å². The van der Waals surface area contributed by atoms with Crippen molar-refractivity contribution in [1.82, 2.24) is 9.58 Å². The molecule has 1 aromatic heterocycles. The minimum atomic E-state index is -0.327. The quantitative estimate of drug-likeness (QED) is 0.448. The second-order valence-electron chi connectivity index (χ2n) is 8.64. The molecule has 0 radical (unpaired) electrons. The van der Waals surface area contributed by atoms with Crippen LogP contribution in [0.2, 0.25) is 0 Å². The van der Waals surface area contributed by atoms with Gasteiger partial charge in [-0.15, -0.1) is 0 Å². The van der Waals surface area contributed by atoms with Crippen LogP contribution in [0.15, 0.2) is 71.7 Å². The first-order valence-corrected chi connectivity index (χ1v) is 11.7. The number of fused-ring (bicyclic) bond motifs is 1. The van der Waals surface area contributed by atoms with Crippen LogP contribution in [-0.4, -0.2) is 41.4 Å². The van der Waals surface area contributed by atoms with Crippen molar-refractivity contribution < 1.29 is 19.0 Å². The molecule has 0 spiro atoms. The highest BCUT2D eigenvalue weighted by molar-refractivity contribution is 5.96. The molecule has 35 heavy (non-hydrogen) atoms. The van der Waals surface area contributed by atoms with E-state index < -0.39 is 0 Å². The largest absolute Gasteiger partial charge is 0.497 e. The molecule has 1 unspecified atom stereocenters. The summed E-state index contributed by atoms with van der Waals surface area (Å²) >= 11 is 0. The number of amides is 1. The number of methoxy groups -OCH3 is 1. The van der Waals surface area contributed by atoms with Crippen molar-refractivity contribution in [2.75, 3.05) is 19.1 Å². The molecule has 4 rings (SSSR count). The Hall–Kier alpha value is -3.78. The summed E-state index contributed by atoms with van der Waals surface area (Å²) < 4.78 is 18.5. The summed E-state index contributed by atoms with van der Waals surface area (Å²) in [6.07, 6.45) is 1.86. The topological polar surface area (TPSA) is 82.0 Å². The molecule has 3 aromatic rings. The third-order valence-corrected chi connectivity index (χ3v) is 5.86. The summed E-state index contributed by atoms with van der Waals surface area (Å²) in [4.78, 5) is 27.9. The van der Waals surface area contributed by atoms with E-state index in [1.807, 2.05) is 68.4 Å². The van der Waals surface area contributed by atoms with Gasteiger partial charge in [0.25, 0.3) is 5.91 Å². The summed E-state index contributed by atoms with van der Waals surface area (Å²) in [5.74, 6) is 0.601. The number of benzene rings is 2. The van der Waals surface area contributed by atoms with Gasteiger partial charge in [-0.25, -0.2) is 0 Å². The van der Waals surface area contributed by atoms with Crippen molar-refractivity contribution in [3.8, 4) is 11.5 Å². The zero-order valence-electron chi connectivity index (χ0n) is 20.3. The number of carbonyl (C=O) groups is 1. The van der Waals surface area contributed by atoms with E-state index in [0.29, 0.717) is 19.6 Å². The zero-order valence-corrected chi connectivity index (χ0v) is 20.3. The summed E-state index contributed by atoms with van der Waals surface area (Å²) in [5, 5.41) is 0. The highest BCUT2D eigenvalue weighted by Gasteiger charge is 2.36. The van der Waals surface area contributed by atoms with Gasteiger partial charge in [0.2, 0.25) is 5.43 Å². The lowest BCUT2D eigenvalue weighted by Crippen LogP contribution is -2.57. The number of hydrogen-bond acceptors (Lipinski definition) is 6. The van der Waals surface area contributed by atoms with Crippen LogP contribution in [0.4, 0.5) is 0 Å². The van der Waals surface area contributed by atoms with E-state index in [-0.39, 0.29) is 41.6 Å². The molecule has 184 valence electrons. The minimum absolute atomic E-state index is 0.0497. The predicted octanol–water partition coefficient (Wildman–Crippen LogP) is 3.78. The van der Waals surface area contributed by atoms with Crippen LogP contribution in [0.25, 0.3) is 0 Å². The number of rotatable bonds is 10. The van der Waals surface area contributed by atoms with Crippen LogP contribution in [0.3, 0.4) is 0 Å². The predicted molar refractivity (Wildman–Crippen MR) is 133 cm³/mol. The highest BCUT2D eigenvalue weighted by atomic mass is 16.5. The molecule has 0 bridgehead atoms. The Labute approximate surface area is 205 Å². The fourth-order valence-electron chi connectivity index (χ4n) is 4.09. The highest BCUT2D eigenvalue weighted by Crippen LogP contribution is 2.25. The molecule has 2 aromatic carbocycles. The summed E-state index contributed by atoms with van der Waals surface area (Å²) in [6, 6.07) is 18.6. The summed E-state index contributed by atoms with van der Waals surface area (Å²) in [5.41, 5.74) is 5.18. The molecule has 0 aliphatic carbocycles. The lowest BCUT2D eigenvalue weighted by molar-refractivity contribution is 0.0458. The van der Waals surface area contributed by atoms with Crippen LogP contribution >= 0.6 is 0 Å². The molecular weight excluding hydrogens is 446 g/mol. The van der Waals surface area contributed by atoms with E-state index in [0.717, 1.165) is 16.9 Å². The Morgan fingerprint density at radius 1 is 0.943 bits per heavy atom. The molecule has 0 saturated heterocycles. The van der Waals surface area contributed by atoms with E-state index in [1.165, 1.54) is 6.07 Å². The van der Waals surface area contributed by atoms with Gasteiger partial charge in [0, 0.05) is 24.7 Å². The molecule has 1 atom stereocenters. The number of carbonyl (C=O) groups excluding carboxylic acids is 1. The smallest absolute Gasteiger partial charge is 0.278 e. The number of hydrogen-bond donors (Lipinski definition) is 1. The Morgan fingerprint density at radius 3 is 2.34 bits per heavy atom. The van der Waals surface area contributed by atoms with Crippen molar-refractivity contribution in [1.29, 1.82) is 0 Å². The van der Waals surface area contributed by atoms with Gasteiger partial charge in [-0.1, -0.05) is 42.5 Å². The van der Waals surface area contributed by atoms with Crippen LogP contribution in [0, 0.1) is 0 Å². The standard InChI is InChI=1S/C27H31N3O5/c1-19(2)30-24(14-16-34-17-21-9-11-22(33-3)12-10-21)28-29-15-13-23(31)26(25(29)27(30)32)35-18-20-7-5-4-6-8-20/h4-13,15,19,24,28H,14,16-18H2,1-3H3. The lowest BCUT2D eigenvalue weighted by atomic mass is 10.1. The van der Waals surface area contributed by atoms with Crippen molar-refractivity contribution in [3.05, 3.63) is 93.9 Å². The average Bonchev–Trinajstić information content (AvgIpc) is 2.87. The van der Waals surface area contributed by atoms with Crippen LogP contribution in [-0.2, 0) is 18.0 Å². The van der Waals surface area contributed by atoms with Gasteiger partial charge in [-0.05, 0) is 37.1 Å². The maximum Gasteiger partial charge on any atom is 0.278 e. The second kappa shape index (κ2) is 11.1. The molecule has 1 amide bonds. The van der Waals surface area contributed by atoms with Crippen molar-refractivity contribution in [2.24, 2.45) is 0 Å². The van der Waals surface area contributed by atoms with E-state index in [1.54, 1.807) is 22.9 Å². The maximum atomic E-state index is 13.6. The third-order valence-electron chi connectivity index (χ3n) is 5.86. The van der Waals surface area contributed by atoms with Gasteiger partial charge in [-0.3, -0.25) is 14.3 Å². The molecule has 2 heterocycles. The number of ether oxygens (including phenoxy) is 3. The summed E-state index contributed by atoms with van der Waals surface area (Å²) in [7, 11) is 1.64. The van der Waals surface area contributed by atoms with E-state index >= 15 is 0 Å². The first kappa shape index (κ1) is 24.3. The third kappa shape index (κ3) is 5.66. The molecule has 1 N–H and O–H groups in total. The number of nitrogens with zero attached hydrogens (tertiary/aromatic N) is 2. The minimum Gasteiger partial charge on any atom is -0.497 e.